The second-order valence-electron chi connectivity index (χ2n) is 3.22. The minimum absolute atomic E-state index is 0.100. The van der Waals surface area contributed by atoms with Crippen molar-refractivity contribution in [3.05, 3.63) is 23.0 Å². The Morgan fingerprint density at radius 3 is 2.76 bits per heavy atom. The summed E-state index contributed by atoms with van der Waals surface area (Å²) in [6.07, 6.45) is 1.25. The largest absolute Gasteiger partial charge is 0.397 e. The number of anilines is 1. The van der Waals surface area contributed by atoms with Crippen molar-refractivity contribution in [2.75, 3.05) is 18.0 Å². The Balaban J connectivity index is 2.67. The highest BCUT2D eigenvalue weighted by atomic mass is 35.5. The molecule has 1 heterocycles. The Kier molecular flexibility index (Phi) is 4.27. The average molecular weight is 279 g/mol. The van der Waals surface area contributed by atoms with E-state index in [0.29, 0.717) is 0 Å². The third-order valence-corrected chi connectivity index (χ3v) is 2.80. The van der Waals surface area contributed by atoms with Crippen LogP contribution in [-0.2, 0) is 10.0 Å². The van der Waals surface area contributed by atoms with E-state index in [2.05, 4.69) is 10.3 Å². The van der Waals surface area contributed by atoms with E-state index in [-0.39, 0.29) is 28.7 Å². The van der Waals surface area contributed by atoms with Crippen molar-refractivity contribution >= 4 is 33.2 Å². The molecule has 7 nitrogen and oxygen atoms in total. The fourth-order valence-electron chi connectivity index (χ4n) is 1.04. The highest BCUT2D eigenvalue weighted by Crippen LogP contribution is 2.14. The van der Waals surface area contributed by atoms with Crippen LogP contribution in [0.2, 0.25) is 5.15 Å². The number of halogens is 1. The van der Waals surface area contributed by atoms with Gasteiger partial charge in [-0.15, -0.1) is 0 Å². The van der Waals surface area contributed by atoms with Crippen LogP contribution >= 0.6 is 11.6 Å². The maximum Gasteiger partial charge on any atom is 0.253 e. The zero-order valence-corrected chi connectivity index (χ0v) is 10.3. The van der Waals surface area contributed by atoms with Crippen LogP contribution < -0.4 is 16.2 Å². The van der Waals surface area contributed by atoms with Gasteiger partial charge < -0.3 is 11.1 Å². The molecule has 0 aliphatic heterocycles. The second-order valence-corrected chi connectivity index (χ2v) is 5.34. The van der Waals surface area contributed by atoms with E-state index in [4.69, 9.17) is 22.5 Å². The minimum Gasteiger partial charge on any atom is -0.397 e. The van der Waals surface area contributed by atoms with Gasteiger partial charge in [0.15, 0.2) is 0 Å². The number of hydrogen-bond donors (Lipinski definition) is 3. The van der Waals surface area contributed by atoms with E-state index < -0.39 is 15.9 Å². The molecule has 0 aliphatic rings. The molecular weight excluding hydrogens is 268 g/mol. The molecule has 0 unspecified atom stereocenters. The molecular formula is C8H11ClN4O3S. The number of rotatable bonds is 4. The summed E-state index contributed by atoms with van der Waals surface area (Å²) in [5, 5.41) is 7.26. The van der Waals surface area contributed by atoms with Crippen LogP contribution in [0.5, 0.6) is 0 Å². The number of aromatic nitrogens is 1. The van der Waals surface area contributed by atoms with E-state index in [1.54, 1.807) is 0 Å². The van der Waals surface area contributed by atoms with Gasteiger partial charge in [0.1, 0.15) is 5.15 Å². The summed E-state index contributed by atoms with van der Waals surface area (Å²) in [4.78, 5) is 15.3. The van der Waals surface area contributed by atoms with Crippen LogP contribution in [-0.4, -0.2) is 31.6 Å². The maximum atomic E-state index is 11.6. The predicted molar refractivity (Wildman–Crippen MR) is 64.0 cm³/mol. The number of carbonyl (C=O) groups excluding carboxylic acids is 1. The number of hydrogen-bond acceptors (Lipinski definition) is 5. The highest BCUT2D eigenvalue weighted by Gasteiger charge is 2.11. The predicted octanol–water partition coefficient (Wildman–Crippen LogP) is -0.664. The van der Waals surface area contributed by atoms with Crippen molar-refractivity contribution < 1.29 is 13.2 Å². The molecule has 5 N–H and O–H groups in total. The monoisotopic (exact) mass is 278 g/mol. The number of nitrogens with one attached hydrogen (secondary N) is 1. The number of nitrogen functional groups attached to an aromatic ring is 1. The summed E-state index contributed by atoms with van der Waals surface area (Å²) in [6.45, 7) is -0.100. The second kappa shape index (κ2) is 5.30. The molecule has 0 bridgehead atoms. The number of nitrogens with zero attached hydrogens (tertiary/aromatic N) is 1. The normalized spacial score (nSPS) is 11.2. The molecule has 1 aromatic heterocycles. The fourth-order valence-corrected chi connectivity index (χ4v) is 1.58. The average Bonchev–Trinajstić information content (AvgIpc) is 2.19. The van der Waals surface area contributed by atoms with Gasteiger partial charge in [-0.1, -0.05) is 11.6 Å². The standard InChI is InChI=1S/C8H11ClN4O3S/c9-7-3-5(6(10)4-13-7)8(14)12-1-2-17(11,15)16/h3-4H,1-2,10H2,(H,12,14)(H2,11,15,16). The van der Waals surface area contributed by atoms with Gasteiger partial charge in [-0.05, 0) is 6.07 Å². The van der Waals surface area contributed by atoms with Crippen molar-refractivity contribution in [2.24, 2.45) is 5.14 Å². The fraction of sp³-hybridized carbons (Fsp3) is 0.250. The molecule has 94 valence electrons. The Morgan fingerprint density at radius 1 is 1.53 bits per heavy atom. The number of nitrogens with two attached hydrogens (primary N) is 2. The summed E-state index contributed by atoms with van der Waals surface area (Å²) in [5.41, 5.74) is 5.82. The minimum atomic E-state index is -3.60. The van der Waals surface area contributed by atoms with Gasteiger partial charge in [0.05, 0.1) is 23.2 Å². The van der Waals surface area contributed by atoms with Crippen LogP contribution in [0.25, 0.3) is 0 Å². The van der Waals surface area contributed by atoms with Gasteiger partial charge >= 0.3 is 0 Å². The first-order valence-corrected chi connectivity index (χ1v) is 6.58. The van der Waals surface area contributed by atoms with Crippen LogP contribution in [0.4, 0.5) is 5.69 Å². The molecule has 0 saturated heterocycles. The van der Waals surface area contributed by atoms with Gasteiger partial charge in [-0.3, -0.25) is 4.79 Å². The molecule has 0 spiro atoms. The summed E-state index contributed by atoms with van der Waals surface area (Å²) in [5.74, 6) is -0.882. The van der Waals surface area contributed by atoms with Crippen LogP contribution in [0.3, 0.4) is 0 Å². The molecule has 0 atom stereocenters. The lowest BCUT2D eigenvalue weighted by Crippen LogP contribution is -2.31. The summed E-state index contributed by atoms with van der Waals surface area (Å²) in [6, 6.07) is 1.29. The van der Waals surface area contributed by atoms with E-state index in [9.17, 15) is 13.2 Å². The quantitative estimate of drug-likeness (QED) is 0.630. The Morgan fingerprint density at radius 2 is 2.18 bits per heavy atom. The first-order valence-electron chi connectivity index (χ1n) is 4.49. The number of amides is 1. The molecule has 1 amide bonds. The van der Waals surface area contributed by atoms with E-state index >= 15 is 0 Å². The van der Waals surface area contributed by atoms with Gasteiger partial charge in [0, 0.05) is 6.54 Å². The first kappa shape index (κ1) is 13.7. The number of carbonyl (C=O) groups is 1. The summed E-state index contributed by atoms with van der Waals surface area (Å²) in [7, 11) is -3.60. The number of primary sulfonamides is 1. The van der Waals surface area contributed by atoms with E-state index in [1.807, 2.05) is 0 Å². The van der Waals surface area contributed by atoms with Crippen molar-refractivity contribution in [3.8, 4) is 0 Å². The number of sulfonamides is 1. The SMILES string of the molecule is Nc1cnc(Cl)cc1C(=O)NCCS(N)(=O)=O. The molecule has 0 aromatic carbocycles. The molecule has 0 fully saturated rings. The van der Waals surface area contributed by atoms with Crippen molar-refractivity contribution in [1.82, 2.24) is 10.3 Å². The molecule has 0 radical (unpaired) electrons. The molecule has 0 saturated carbocycles. The van der Waals surface area contributed by atoms with Crippen LogP contribution in [0.1, 0.15) is 10.4 Å². The van der Waals surface area contributed by atoms with Crippen molar-refractivity contribution in [3.63, 3.8) is 0 Å². The van der Waals surface area contributed by atoms with Crippen molar-refractivity contribution in [2.45, 2.75) is 0 Å². The smallest absolute Gasteiger partial charge is 0.253 e. The third-order valence-electron chi connectivity index (χ3n) is 1.82. The molecule has 1 rings (SSSR count). The van der Waals surface area contributed by atoms with Crippen LogP contribution in [0, 0.1) is 0 Å². The summed E-state index contributed by atoms with van der Waals surface area (Å²) < 4.78 is 21.3. The Hall–Kier alpha value is -1.38. The zero-order valence-electron chi connectivity index (χ0n) is 8.68. The molecule has 17 heavy (non-hydrogen) atoms. The Bertz CT molecular complexity index is 532. The third kappa shape index (κ3) is 4.55. The van der Waals surface area contributed by atoms with E-state index in [0.717, 1.165) is 0 Å². The lowest BCUT2D eigenvalue weighted by atomic mass is 10.2. The van der Waals surface area contributed by atoms with Gasteiger partial charge in [0.2, 0.25) is 10.0 Å². The van der Waals surface area contributed by atoms with Gasteiger partial charge in [-0.25, -0.2) is 18.5 Å². The lowest BCUT2D eigenvalue weighted by molar-refractivity contribution is 0.0957. The van der Waals surface area contributed by atoms with Crippen molar-refractivity contribution in [1.29, 1.82) is 0 Å². The topological polar surface area (TPSA) is 128 Å². The van der Waals surface area contributed by atoms with Gasteiger partial charge in [0.25, 0.3) is 5.91 Å². The van der Waals surface area contributed by atoms with E-state index in [1.165, 1.54) is 12.3 Å². The first-order chi connectivity index (χ1) is 7.79. The Labute approximate surface area is 103 Å². The number of pyridine rings is 1. The molecule has 1 aromatic rings. The van der Waals surface area contributed by atoms with Gasteiger partial charge in [-0.2, -0.15) is 0 Å². The maximum absolute atomic E-state index is 11.6. The summed E-state index contributed by atoms with van der Waals surface area (Å²) >= 11 is 5.60. The highest BCUT2D eigenvalue weighted by molar-refractivity contribution is 7.89. The zero-order chi connectivity index (χ0) is 13.1. The lowest BCUT2D eigenvalue weighted by Gasteiger charge is -2.06. The molecule has 0 aliphatic carbocycles. The molecule has 9 heteroatoms. The van der Waals surface area contributed by atoms with Crippen LogP contribution in [0.15, 0.2) is 12.3 Å².